The van der Waals surface area contributed by atoms with Crippen LogP contribution in [0.25, 0.3) is 10.8 Å². The van der Waals surface area contributed by atoms with Crippen LogP contribution in [0, 0.1) is 5.82 Å². The van der Waals surface area contributed by atoms with Crippen molar-refractivity contribution in [3.05, 3.63) is 35.1 Å². The third-order valence-electron chi connectivity index (χ3n) is 2.66. The molecule has 0 spiro atoms. The Balaban J connectivity index is 2.74. The molecule has 0 aliphatic carbocycles. The van der Waals surface area contributed by atoms with Crippen LogP contribution in [0.4, 0.5) is 4.39 Å². The molecule has 0 radical (unpaired) electrons. The Hall–Kier alpha value is -1.37. The zero-order valence-electron chi connectivity index (χ0n) is 10.8. The quantitative estimate of drug-likeness (QED) is 0.813. The summed E-state index contributed by atoms with van der Waals surface area (Å²) < 4.78 is 47.3. The Kier molecular flexibility index (Phi) is 4.17. The lowest BCUT2D eigenvalue weighted by Crippen LogP contribution is -2.03. The van der Waals surface area contributed by atoms with Crippen molar-refractivity contribution in [2.75, 3.05) is 20.2 Å². The van der Waals surface area contributed by atoms with Crippen LogP contribution in [0.5, 0.6) is 5.75 Å². The van der Waals surface area contributed by atoms with Gasteiger partial charge in [0.2, 0.25) is 0 Å². The monoisotopic (exact) mass is 318 g/mol. The van der Waals surface area contributed by atoms with Gasteiger partial charge in [-0.3, -0.25) is 0 Å². The Morgan fingerprint density at radius 1 is 1.30 bits per heavy atom. The fourth-order valence-corrected chi connectivity index (χ4v) is 3.29. The van der Waals surface area contributed by atoms with E-state index in [4.69, 9.17) is 21.1 Å². The third kappa shape index (κ3) is 2.87. The summed E-state index contributed by atoms with van der Waals surface area (Å²) >= 11 is 6.07. The lowest BCUT2D eigenvalue weighted by atomic mass is 10.1. The summed E-state index contributed by atoms with van der Waals surface area (Å²) in [6, 6.07) is 5.55. The summed E-state index contributed by atoms with van der Waals surface area (Å²) in [4.78, 5) is -0.404. The van der Waals surface area contributed by atoms with Gasteiger partial charge in [-0.1, -0.05) is 17.7 Å². The molecule has 0 aromatic heterocycles. The fourth-order valence-electron chi connectivity index (χ4n) is 1.90. The van der Waals surface area contributed by atoms with Gasteiger partial charge in [-0.15, -0.1) is 0 Å². The van der Waals surface area contributed by atoms with E-state index in [1.165, 1.54) is 19.2 Å². The SMILES string of the molecule is COCOc1cc(Cl)c2c(S(C)(=O)=O)c(F)ccc2c1. The van der Waals surface area contributed by atoms with Crippen molar-refractivity contribution >= 4 is 32.2 Å². The van der Waals surface area contributed by atoms with E-state index in [-0.39, 0.29) is 17.2 Å². The first-order chi connectivity index (χ1) is 9.34. The first-order valence-electron chi connectivity index (χ1n) is 5.58. The maximum Gasteiger partial charge on any atom is 0.188 e. The lowest BCUT2D eigenvalue weighted by molar-refractivity contribution is 0.0512. The molecule has 108 valence electrons. The zero-order chi connectivity index (χ0) is 14.9. The van der Waals surface area contributed by atoms with Crippen LogP contribution in [0.3, 0.4) is 0 Å². The highest BCUT2D eigenvalue weighted by Crippen LogP contribution is 2.35. The molecule has 0 atom stereocenters. The average molecular weight is 319 g/mol. The van der Waals surface area contributed by atoms with E-state index in [1.54, 1.807) is 6.07 Å². The van der Waals surface area contributed by atoms with E-state index in [0.717, 1.165) is 12.3 Å². The van der Waals surface area contributed by atoms with E-state index >= 15 is 0 Å². The minimum Gasteiger partial charge on any atom is -0.467 e. The second-order valence-corrected chi connectivity index (χ2v) is 6.56. The van der Waals surface area contributed by atoms with Crippen LogP contribution in [0.2, 0.25) is 5.02 Å². The Morgan fingerprint density at radius 3 is 2.60 bits per heavy atom. The second kappa shape index (κ2) is 5.55. The third-order valence-corrected chi connectivity index (χ3v) is 4.10. The predicted molar refractivity (Wildman–Crippen MR) is 74.5 cm³/mol. The summed E-state index contributed by atoms with van der Waals surface area (Å²) in [6.45, 7) is 0.0297. The summed E-state index contributed by atoms with van der Waals surface area (Å²) in [5.74, 6) is -0.414. The van der Waals surface area contributed by atoms with Crippen LogP contribution in [0.15, 0.2) is 29.2 Å². The van der Waals surface area contributed by atoms with Gasteiger partial charge in [0.1, 0.15) is 16.5 Å². The maximum absolute atomic E-state index is 13.8. The van der Waals surface area contributed by atoms with Gasteiger partial charge in [0.25, 0.3) is 0 Å². The van der Waals surface area contributed by atoms with E-state index in [2.05, 4.69) is 0 Å². The largest absolute Gasteiger partial charge is 0.467 e. The maximum atomic E-state index is 13.8. The summed E-state index contributed by atoms with van der Waals surface area (Å²) in [5.41, 5.74) is 0. The minimum absolute atomic E-state index is 0.0297. The smallest absolute Gasteiger partial charge is 0.188 e. The molecule has 0 unspecified atom stereocenters. The number of sulfone groups is 1. The molecule has 0 aliphatic heterocycles. The van der Waals surface area contributed by atoms with Gasteiger partial charge in [0, 0.05) is 18.8 Å². The molecule has 0 bridgehead atoms. The molecular formula is C13H12ClFO4S. The van der Waals surface area contributed by atoms with Crippen LogP contribution in [0.1, 0.15) is 0 Å². The molecule has 0 saturated heterocycles. The highest BCUT2D eigenvalue weighted by atomic mass is 35.5. The highest BCUT2D eigenvalue weighted by molar-refractivity contribution is 7.91. The predicted octanol–water partition coefficient (Wildman–Crippen LogP) is 3.02. The molecule has 2 aromatic rings. The zero-order valence-corrected chi connectivity index (χ0v) is 12.4. The number of hydrogen-bond acceptors (Lipinski definition) is 4. The number of benzene rings is 2. The van der Waals surface area contributed by atoms with Crippen LogP contribution >= 0.6 is 11.6 Å². The van der Waals surface area contributed by atoms with Crippen molar-refractivity contribution in [3.8, 4) is 5.75 Å². The van der Waals surface area contributed by atoms with Crippen molar-refractivity contribution in [1.29, 1.82) is 0 Å². The number of methoxy groups -OCH3 is 1. The Bertz CT molecular complexity index is 759. The van der Waals surface area contributed by atoms with Gasteiger partial charge >= 0.3 is 0 Å². The van der Waals surface area contributed by atoms with Crippen molar-refractivity contribution in [2.45, 2.75) is 4.90 Å². The van der Waals surface area contributed by atoms with Gasteiger partial charge in [-0.05, 0) is 23.6 Å². The molecule has 0 amide bonds. The minimum atomic E-state index is -3.74. The standard InChI is InChI=1S/C13H12ClFO4S/c1-18-7-19-9-5-8-3-4-11(15)13(20(2,16)17)12(8)10(14)6-9/h3-6H,7H2,1-2H3. The highest BCUT2D eigenvalue weighted by Gasteiger charge is 2.20. The molecule has 0 N–H and O–H groups in total. The topological polar surface area (TPSA) is 52.6 Å². The molecule has 0 heterocycles. The Morgan fingerprint density at radius 2 is 2.00 bits per heavy atom. The summed E-state index contributed by atoms with van der Waals surface area (Å²) in [6.07, 6.45) is 0.941. The summed E-state index contributed by atoms with van der Waals surface area (Å²) in [7, 11) is -2.27. The van der Waals surface area contributed by atoms with Gasteiger partial charge < -0.3 is 9.47 Å². The van der Waals surface area contributed by atoms with E-state index in [0.29, 0.717) is 11.1 Å². The first kappa shape index (κ1) is 15.0. The number of hydrogen-bond donors (Lipinski definition) is 0. The lowest BCUT2D eigenvalue weighted by Gasteiger charge is -2.11. The molecular weight excluding hydrogens is 307 g/mol. The van der Waals surface area contributed by atoms with Gasteiger partial charge in [0.15, 0.2) is 16.6 Å². The second-order valence-electron chi connectivity index (χ2n) is 4.20. The number of ether oxygens (including phenoxy) is 2. The van der Waals surface area contributed by atoms with Crippen LogP contribution < -0.4 is 4.74 Å². The Labute approximate surface area is 121 Å². The van der Waals surface area contributed by atoms with Crippen molar-refractivity contribution in [3.63, 3.8) is 0 Å². The van der Waals surface area contributed by atoms with Crippen LogP contribution in [-0.4, -0.2) is 28.6 Å². The molecule has 0 aliphatic rings. The normalized spacial score (nSPS) is 11.8. The molecule has 2 aromatic carbocycles. The fraction of sp³-hybridized carbons (Fsp3) is 0.231. The summed E-state index contributed by atoms with van der Waals surface area (Å²) in [5, 5.41) is 0.734. The average Bonchev–Trinajstić information content (AvgIpc) is 2.35. The van der Waals surface area contributed by atoms with E-state index < -0.39 is 20.5 Å². The number of halogens is 2. The molecule has 20 heavy (non-hydrogen) atoms. The van der Waals surface area contributed by atoms with Crippen molar-refractivity contribution in [2.24, 2.45) is 0 Å². The molecule has 7 heteroatoms. The molecule has 2 rings (SSSR count). The van der Waals surface area contributed by atoms with E-state index in [1.807, 2.05) is 0 Å². The van der Waals surface area contributed by atoms with Gasteiger partial charge in [-0.25, -0.2) is 12.8 Å². The van der Waals surface area contributed by atoms with Crippen LogP contribution in [-0.2, 0) is 14.6 Å². The van der Waals surface area contributed by atoms with Gasteiger partial charge in [0.05, 0.1) is 5.02 Å². The number of fused-ring (bicyclic) bond motifs is 1. The molecule has 4 nitrogen and oxygen atoms in total. The van der Waals surface area contributed by atoms with Crippen molar-refractivity contribution in [1.82, 2.24) is 0 Å². The van der Waals surface area contributed by atoms with E-state index in [9.17, 15) is 12.8 Å². The number of rotatable bonds is 4. The molecule has 0 fully saturated rings. The van der Waals surface area contributed by atoms with Gasteiger partial charge in [-0.2, -0.15) is 0 Å². The van der Waals surface area contributed by atoms with Crippen molar-refractivity contribution < 1.29 is 22.3 Å². The molecule has 0 saturated carbocycles. The first-order valence-corrected chi connectivity index (χ1v) is 7.85.